The van der Waals surface area contributed by atoms with Gasteiger partial charge in [-0.1, -0.05) is 18.2 Å². The highest BCUT2D eigenvalue weighted by atomic mass is 32.2. The molecular weight excluding hydrogens is 322 g/mol. The molecule has 0 atom stereocenters. The van der Waals surface area contributed by atoms with E-state index in [0.29, 0.717) is 23.5 Å². The maximum Gasteiger partial charge on any atom is 0.183 e. The molecule has 5 heteroatoms. The third kappa shape index (κ3) is 3.32. The molecular formula is C19H23NO3S. The third-order valence-electron chi connectivity index (χ3n) is 4.81. The van der Waals surface area contributed by atoms with Crippen molar-refractivity contribution in [3.63, 3.8) is 0 Å². The SMILES string of the molecule is CN1CCC(C)(S(=O)(=O)c2ccc(Oc3ccccc3)cc2)CC1. The minimum atomic E-state index is -3.36. The number of hydrogen-bond donors (Lipinski definition) is 0. The molecule has 2 aromatic carbocycles. The molecule has 3 rings (SSSR count). The van der Waals surface area contributed by atoms with Gasteiger partial charge in [-0.05, 0) is 76.3 Å². The molecule has 0 amide bonds. The van der Waals surface area contributed by atoms with E-state index in [1.54, 1.807) is 24.3 Å². The maximum atomic E-state index is 13.0. The fourth-order valence-electron chi connectivity index (χ4n) is 2.96. The van der Waals surface area contributed by atoms with Crippen LogP contribution in [0.5, 0.6) is 11.5 Å². The number of hydrogen-bond acceptors (Lipinski definition) is 4. The van der Waals surface area contributed by atoms with Gasteiger partial charge in [0, 0.05) is 0 Å². The fraction of sp³-hybridized carbons (Fsp3) is 0.368. The van der Waals surface area contributed by atoms with E-state index in [4.69, 9.17) is 4.74 Å². The molecule has 1 fully saturated rings. The van der Waals surface area contributed by atoms with Crippen LogP contribution in [0, 0.1) is 0 Å². The number of rotatable bonds is 4. The Morgan fingerprint density at radius 3 is 2.04 bits per heavy atom. The predicted octanol–water partition coefficient (Wildman–Crippen LogP) is 3.74. The molecule has 1 saturated heterocycles. The summed E-state index contributed by atoms with van der Waals surface area (Å²) in [5, 5.41) is 0. The Balaban J connectivity index is 1.79. The van der Waals surface area contributed by atoms with Crippen LogP contribution >= 0.6 is 0 Å². The summed E-state index contributed by atoms with van der Waals surface area (Å²) in [6.45, 7) is 3.49. The number of nitrogens with zero attached hydrogens (tertiary/aromatic N) is 1. The van der Waals surface area contributed by atoms with Crippen LogP contribution in [-0.4, -0.2) is 38.2 Å². The third-order valence-corrected chi connectivity index (χ3v) is 7.40. The molecule has 24 heavy (non-hydrogen) atoms. The lowest BCUT2D eigenvalue weighted by Crippen LogP contribution is -2.45. The van der Waals surface area contributed by atoms with Crippen molar-refractivity contribution in [3.05, 3.63) is 54.6 Å². The lowest BCUT2D eigenvalue weighted by Gasteiger charge is -2.37. The van der Waals surface area contributed by atoms with E-state index in [9.17, 15) is 8.42 Å². The average molecular weight is 345 g/mol. The monoisotopic (exact) mass is 345 g/mol. The summed E-state index contributed by atoms with van der Waals surface area (Å²) in [5.41, 5.74) is 0. The molecule has 1 heterocycles. The molecule has 0 aromatic heterocycles. The Bertz CT molecular complexity index is 777. The van der Waals surface area contributed by atoms with Crippen LogP contribution in [0.4, 0.5) is 0 Å². The minimum Gasteiger partial charge on any atom is -0.457 e. The number of likely N-dealkylation sites (tertiary alicyclic amines) is 1. The first-order valence-corrected chi connectivity index (χ1v) is 9.65. The van der Waals surface area contributed by atoms with Gasteiger partial charge in [0.05, 0.1) is 9.64 Å². The van der Waals surface area contributed by atoms with Crippen LogP contribution in [0.25, 0.3) is 0 Å². The van der Waals surface area contributed by atoms with E-state index < -0.39 is 14.6 Å². The summed E-state index contributed by atoms with van der Waals surface area (Å²) in [7, 11) is -1.33. The highest BCUT2D eigenvalue weighted by Crippen LogP contribution is 2.35. The second-order valence-electron chi connectivity index (χ2n) is 6.64. The van der Waals surface area contributed by atoms with Gasteiger partial charge in [0.15, 0.2) is 9.84 Å². The van der Waals surface area contributed by atoms with Crippen LogP contribution in [0.2, 0.25) is 0 Å². The van der Waals surface area contributed by atoms with Gasteiger partial charge < -0.3 is 9.64 Å². The quantitative estimate of drug-likeness (QED) is 0.847. The molecule has 2 aromatic rings. The van der Waals surface area contributed by atoms with E-state index in [-0.39, 0.29) is 0 Å². The second-order valence-corrected chi connectivity index (χ2v) is 9.11. The zero-order valence-electron chi connectivity index (χ0n) is 14.1. The van der Waals surface area contributed by atoms with Gasteiger partial charge in [0.2, 0.25) is 0 Å². The van der Waals surface area contributed by atoms with E-state index in [0.717, 1.165) is 18.8 Å². The first kappa shape index (κ1) is 17.0. The molecule has 0 N–H and O–H groups in total. The fourth-order valence-corrected chi connectivity index (χ4v) is 4.74. The molecule has 0 unspecified atom stereocenters. The smallest absolute Gasteiger partial charge is 0.183 e. The van der Waals surface area contributed by atoms with Crippen LogP contribution in [0.15, 0.2) is 59.5 Å². The average Bonchev–Trinajstić information content (AvgIpc) is 2.59. The Morgan fingerprint density at radius 2 is 1.46 bits per heavy atom. The van der Waals surface area contributed by atoms with Crippen molar-refractivity contribution in [2.75, 3.05) is 20.1 Å². The van der Waals surface area contributed by atoms with Crippen LogP contribution in [0.3, 0.4) is 0 Å². The Morgan fingerprint density at radius 1 is 0.917 bits per heavy atom. The highest BCUT2D eigenvalue weighted by molar-refractivity contribution is 7.92. The Labute approximate surface area is 144 Å². The minimum absolute atomic E-state index is 0.370. The summed E-state index contributed by atoms with van der Waals surface area (Å²) in [4.78, 5) is 2.55. The molecule has 0 bridgehead atoms. The van der Waals surface area contributed by atoms with Crippen molar-refractivity contribution in [1.82, 2.24) is 4.90 Å². The summed E-state index contributed by atoms with van der Waals surface area (Å²) < 4.78 is 31.1. The molecule has 0 saturated carbocycles. The lowest BCUT2D eigenvalue weighted by atomic mass is 9.98. The van der Waals surface area contributed by atoms with Crippen molar-refractivity contribution in [3.8, 4) is 11.5 Å². The van der Waals surface area contributed by atoms with Gasteiger partial charge >= 0.3 is 0 Å². The second kappa shape index (κ2) is 6.57. The first-order valence-electron chi connectivity index (χ1n) is 8.17. The summed E-state index contributed by atoms with van der Waals surface area (Å²) in [6.07, 6.45) is 1.32. The molecule has 1 aliphatic heterocycles. The highest BCUT2D eigenvalue weighted by Gasteiger charge is 2.42. The van der Waals surface area contributed by atoms with Crippen LogP contribution in [0.1, 0.15) is 19.8 Å². The standard InChI is InChI=1S/C19H23NO3S/c1-19(12-14-20(2)15-13-19)24(21,22)18-10-8-17(9-11-18)23-16-6-4-3-5-7-16/h3-11H,12-15H2,1-2H3. The van der Waals surface area contributed by atoms with Gasteiger partial charge in [-0.3, -0.25) is 0 Å². The zero-order chi connectivity index (χ0) is 17.2. The summed E-state index contributed by atoms with van der Waals surface area (Å²) in [5.74, 6) is 1.36. The normalized spacial score (nSPS) is 18.2. The van der Waals surface area contributed by atoms with Crippen molar-refractivity contribution in [2.45, 2.75) is 29.4 Å². The predicted molar refractivity (Wildman–Crippen MR) is 95.3 cm³/mol. The van der Waals surface area contributed by atoms with Crippen molar-refractivity contribution in [2.24, 2.45) is 0 Å². The van der Waals surface area contributed by atoms with Gasteiger partial charge in [-0.2, -0.15) is 0 Å². The molecule has 4 nitrogen and oxygen atoms in total. The van der Waals surface area contributed by atoms with Gasteiger partial charge in [0.25, 0.3) is 0 Å². The number of piperidine rings is 1. The molecule has 0 radical (unpaired) electrons. The van der Waals surface area contributed by atoms with Crippen LogP contribution < -0.4 is 4.74 Å². The molecule has 1 aliphatic rings. The van der Waals surface area contributed by atoms with Crippen LogP contribution in [-0.2, 0) is 9.84 Å². The summed E-state index contributed by atoms with van der Waals surface area (Å²) in [6, 6.07) is 16.2. The topological polar surface area (TPSA) is 46.6 Å². The Hall–Kier alpha value is -1.85. The number of sulfone groups is 1. The van der Waals surface area contributed by atoms with Gasteiger partial charge in [-0.25, -0.2) is 8.42 Å². The van der Waals surface area contributed by atoms with E-state index in [1.807, 2.05) is 44.3 Å². The number of benzene rings is 2. The number of ether oxygens (including phenoxy) is 1. The largest absolute Gasteiger partial charge is 0.457 e. The zero-order valence-corrected chi connectivity index (χ0v) is 14.9. The molecule has 0 aliphatic carbocycles. The van der Waals surface area contributed by atoms with Crippen molar-refractivity contribution in [1.29, 1.82) is 0 Å². The van der Waals surface area contributed by atoms with E-state index >= 15 is 0 Å². The van der Waals surface area contributed by atoms with Gasteiger partial charge in [-0.15, -0.1) is 0 Å². The van der Waals surface area contributed by atoms with Crippen molar-refractivity contribution >= 4 is 9.84 Å². The lowest BCUT2D eigenvalue weighted by molar-refractivity contribution is 0.240. The molecule has 128 valence electrons. The number of para-hydroxylation sites is 1. The van der Waals surface area contributed by atoms with E-state index in [1.165, 1.54) is 0 Å². The first-order chi connectivity index (χ1) is 11.4. The summed E-state index contributed by atoms with van der Waals surface area (Å²) >= 11 is 0. The Kier molecular flexibility index (Phi) is 4.65. The molecule has 0 spiro atoms. The van der Waals surface area contributed by atoms with E-state index in [2.05, 4.69) is 4.90 Å². The maximum absolute atomic E-state index is 13.0. The van der Waals surface area contributed by atoms with Crippen molar-refractivity contribution < 1.29 is 13.2 Å². The van der Waals surface area contributed by atoms with Gasteiger partial charge in [0.1, 0.15) is 11.5 Å².